The summed E-state index contributed by atoms with van der Waals surface area (Å²) in [6.07, 6.45) is -5.02. The number of amides is 1. The average Bonchev–Trinajstić information content (AvgIpc) is 2.18. The maximum absolute atomic E-state index is 12.0. The smallest absolute Gasteiger partial charge is 0.400 e. The molecule has 0 saturated carbocycles. The molecule has 6 nitrogen and oxygen atoms in total. The van der Waals surface area contributed by atoms with Crippen LogP contribution in [0.5, 0.6) is 5.75 Å². The quantitative estimate of drug-likeness (QED) is 0.789. The van der Waals surface area contributed by atoms with E-state index in [1.54, 1.807) is 0 Å². The molecule has 90 valence electrons. The number of nitrogen functional groups attached to an aromatic ring is 1. The first kappa shape index (κ1) is 12.6. The van der Waals surface area contributed by atoms with Gasteiger partial charge in [0.2, 0.25) is 0 Å². The number of nitrogens with two attached hydrogens (primary N) is 2. The summed E-state index contributed by atoms with van der Waals surface area (Å²) in [5.41, 5.74) is 8.33. The first-order chi connectivity index (χ1) is 7.74. The molecule has 9 heteroatoms. The van der Waals surface area contributed by atoms with Gasteiger partial charge in [-0.25, -0.2) is 4.98 Å². The number of aromatic nitrogens is 1. The van der Waals surface area contributed by atoms with E-state index in [2.05, 4.69) is 9.72 Å². The van der Waals surface area contributed by atoms with Crippen LogP contribution in [0.1, 0.15) is 16.2 Å². The number of ether oxygens (including phenoxy) is 1. The molecule has 1 aromatic heterocycles. The van der Waals surface area contributed by atoms with Crippen molar-refractivity contribution in [3.8, 4) is 11.8 Å². The van der Waals surface area contributed by atoms with E-state index in [-0.39, 0.29) is 0 Å². The number of anilines is 1. The van der Waals surface area contributed by atoms with Crippen molar-refractivity contribution in [3.63, 3.8) is 0 Å². The molecule has 0 aromatic carbocycles. The average molecular weight is 246 g/mol. The van der Waals surface area contributed by atoms with Crippen molar-refractivity contribution in [1.82, 2.24) is 4.98 Å². The lowest BCUT2D eigenvalue weighted by Gasteiger charge is -2.12. The third-order valence-corrected chi connectivity index (χ3v) is 1.58. The fraction of sp³-hybridized carbons (Fsp3) is 0.125. The summed E-state index contributed by atoms with van der Waals surface area (Å²) in [5, 5.41) is 8.58. The first-order valence-electron chi connectivity index (χ1n) is 4.00. The Bertz CT molecular complexity index is 507. The van der Waals surface area contributed by atoms with E-state index in [4.69, 9.17) is 16.7 Å². The Balaban J connectivity index is 3.33. The Labute approximate surface area is 92.6 Å². The Morgan fingerprint density at radius 2 is 2.12 bits per heavy atom. The fourth-order valence-electron chi connectivity index (χ4n) is 0.978. The van der Waals surface area contributed by atoms with Gasteiger partial charge in [0.05, 0.1) is 5.69 Å². The molecule has 1 aromatic rings. The number of pyridine rings is 1. The van der Waals surface area contributed by atoms with E-state index in [1.807, 2.05) is 0 Å². The highest BCUT2D eigenvalue weighted by atomic mass is 19.4. The summed E-state index contributed by atoms with van der Waals surface area (Å²) in [6, 6.07) is 2.13. The van der Waals surface area contributed by atoms with Crippen molar-refractivity contribution in [2.75, 3.05) is 5.73 Å². The molecule has 1 amide bonds. The highest BCUT2D eigenvalue weighted by molar-refractivity contribution is 5.92. The maximum Gasteiger partial charge on any atom is 0.573 e. The number of halogens is 3. The molecule has 0 aliphatic carbocycles. The first-order valence-corrected chi connectivity index (χ1v) is 4.00. The van der Waals surface area contributed by atoms with Crippen molar-refractivity contribution < 1.29 is 22.7 Å². The van der Waals surface area contributed by atoms with Crippen LogP contribution in [0.4, 0.5) is 18.9 Å². The molecule has 0 aliphatic rings. The number of rotatable bonds is 2. The molecule has 17 heavy (non-hydrogen) atoms. The molecule has 0 radical (unpaired) electrons. The van der Waals surface area contributed by atoms with Crippen LogP contribution < -0.4 is 16.2 Å². The van der Waals surface area contributed by atoms with Crippen LogP contribution in [0.3, 0.4) is 0 Å². The van der Waals surface area contributed by atoms with Crippen molar-refractivity contribution in [3.05, 3.63) is 17.5 Å². The molecule has 1 heterocycles. The van der Waals surface area contributed by atoms with Crippen LogP contribution in [0.2, 0.25) is 0 Å². The number of hydrogen-bond acceptors (Lipinski definition) is 5. The summed E-state index contributed by atoms with van der Waals surface area (Å²) in [4.78, 5) is 14.0. The molecule has 0 bridgehead atoms. The van der Waals surface area contributed by atoms with Gasteiger partial charge < -0.3 is 16.2 Å². The number of alkyl halides is 3. The largest absolute Gasteiger partial charge is 0.573 e. The molecular formula is C8H5F3N4O2. The predicted octanol–water partition coefficient (Wildman–Crippen LogP) is 0.533. The minimum absolute atomic E-state index is 0.423. The van der Waals surface area contributed by atoms with Gasteiger partial charge in [0.15, 0.2) is 11.4 Å². The number of carbonyl (C=O) groups excluding carboxylic acids is 1. The number of nitrogens with zero attached hydrogens (tertiary/aromatic N) is 2. The van der Waals surface area contributed by atoms with Gasteiger partial charge in [0, 0.05) is 0 Å². The number of primary amides is 1. The monoisotopic (exact) mass is 246 g/mol. The highest BCUT2D eigenvalue weighted by Gasteiger charge is 2.34. The second-order valence-corrected chi connectivity index (χ2v) is 2.80. The Hall–Kier alpha value is -2.50. The van der Waals surface area contributed by atoms with Crippen LogP contribution >= 0.6 is 0 Å². The van der Waals surface area contributed by atoms with Gasteiger partial charge in [0.1, 0.15) is 11.8 Å². The van der Waals surface area contributed by atoms with Crippen LogP contribution in [0.15, 0.2) is 6.07 Å². The minimum atomic E-state index is -5.02. The molecule has 0 saturated heterocycles. The lowest BCUT2D eigenvalue weighted by Crippen LogP contribution is -2.21. The van der Waals surface area contributed by atoms with Gasteiger partial charge in [0.25, 0.3) is 5.91 Å². The van der Waals surface area contributed by atoms with E-state index < -0.39 is 35.1 Å². The van der Waals surface area contributed by atoms with E-state index in [1.165, 1.54) is 6.07 Å². The molecule has 0 aliphatic heterocycles. The minimum Gasteiger partial charge on any atom is -0.400 e. The third kappa shape index (κ3) is 2.97. The summed E-state index contributed by atoms with van der Waals surface area (Å²) in [6.45, 7) is 0. The van der Waals surface area contributed by atoms with Crippen molar-refractivity contribution in [2.24, 2.45) is 5.73 Å². The maximum atomic E-state index is 12.0. The fourth-order valence-corrected chi connectivity index (χ4v) is 0.978. The van der Waals surface area contributed by atoms with Gasteiger partial charge in [-0.15, -0.1) is 13.2 Å². The van der Waals surface area contributed by atoms with E-state index >= 15 is 0 Å². The number of nitriles is 1. The standard InChI is InChI=1S/C8H5F3N4O2/c9-8(10,11)17-6-3(13)1-4(7(14)16)15-5(6)2-12/h1H,(H2,13,15)(H2,14,16). The van der Waals surface area contributed by atoms with Gasteiger partial charge in [-0.1, -0.05) is 0 Å². The van der Waals surface area contributed by atoms with Gasteiger partial charge in [-0.05, 0) is 6.07 Å². The number of hydrogen-bond donors (Lipinski definition) is 2. The molecule has 0 spiro atoms. The summed E-state index contributed by atoms with van der Waals surface area (Å²) < 4.78 is 39.5. The second kappa shape index (κ2) is 4.17. The predicted molar refractivity (Wildman–Crippen MR) is 48.6 cm³/mol. The zero-order valence-corrected chi connectivity index (χ0v) is 8.08. The van der Waals surface area contributed by atoms with Gasteiger partial charge >= 0.3 is 6.36 Å². The van der Waals surface area contributed by atoms with Crippen LogP contribution in [-0.2, 0) is 0 Å². The van der Waals surface area contributed by atoms with Crippen LogP contribution in [-0.4, -0.2) is 17.3 Å². The molecule has 0 unspecified atom stereocenters. The van der Waals surface area contributed by atoms with Crippen molar-refractivity contribution in [2.45, 2.75) is 6.36 Å². The zero-order chi connectivity index (χ0) is 13.2. The Kier molecular flexibility index (Phi) is 3.08. The van der Waals surface area contributed by atoms with Crippen LogP contribution in [0, 0.1) is 11.3 Å². The van der Waals surface area contributed by atoms with Gasteiger partial charge in [-0.3, -0.25) is 4.79 Å². The van der Waals surface area contributed by atoms with Crippen molar-refractivity contribution >= 4 is 11.6 Å². The Morgan fingerprint density at radius 3 is 2.53 bits per heavy atom. The van der Waals surface area contributed by atoms with E-state index in [0.29, 0.717) is 0 Å². The SMILES string of the molecule is N#Cc1nc(C(N)=O)cc(N)c1OC(F)(F)F. The Morgan fingerprint density at radius 1 is 1.53 bits per heavy atom. The van der Waals surface area contributed by atoms with E-state index in [9.17, 15) is 18.0 Å². The zero-order valence-electron chi connectivity index (χ0n) is 8.08. The normalized spacial score (nSPS) is 10.7. The lowest BCUT2D eigenvalue weighted by molar-refractivity contribution is -0.274. The van der Waals surface area contributed by atoms with Crippen LogP contribution in [0.25, 0.3) is 0 Å². The molecule has 4 N–H and O–H groups in total. The number of carbonyl (C=O) groups is 1. The molecule has 0 fully saturated rings. The van der Waals surface area contributed by atoms with Gasteiger partial charge in [-0.2, -0.15) is 5.26 Å². The highest BCUT2D eigenvalue weighted by Crippen LogP contribution is 2.31. The summed E-state index contributed by atoms with van der Waals surface area (Å²) >= 11 is 0. The molecule has 1 rings (SSSR count). The molecule has 0 atom stereocenters. The molecular weight excluding hydrogens is 241 g/mol. The summed E-state index contributed by atoms with van der Waals surface area (Å²) in [5.74, 6) is -1.98. The van der Waals surface area contributed by atoms with Crippen molar-refractivity contribution in [1.29, 1.82) is 5.26 Å². The topological polar surface area (TPSA) is 115 Å². The third-order valence-electron chi connectivity index (χ3n) is 1.58. The summed E-state index contributed by atoms with van der Waals surface area (Å²) in [7, 11) is 0. The second-order valence-electron chi connectivity index (χ2n) is 2.80. The lowest BCUT2D eigenvalue weighted by atomic mass is 10.2. The van der Waals surface area contributed by atoms with E-state index in [0.717, 1.165) is 6.07 Å².